The van der Waals surface area contributed by atoms with Crippen LogP contribution in [0, 0.1) is 13.8 Å². The third-order valence-corrected chi connectivity index (χ3v) is 5.10. The van der Waals surface area contributed by atoms with E-state index in [2.05, 4.69) is 20.8 Å². The zero-order chi connectivity index (χ0) is 22.0. The topological polar surface area (TPSA) is 96.1 Å². The van der Waals surface area contributed by atoms with Crippen molar-refractivity contribution in [1.29, 1.82) is 0 Å². The predicted molar refractivity (Wildman–Crippen MR) is 119 cm³/mol. The van der Waals surface area contributed by atoms with E-state index in [1.807, 2.05) is 32.0 Å². The Morgan fingerprint density at radius 3 is 2.13 bits per heavy atom. The average molecular weight is 414 g/mol. The molecule has 0 atom stereocenters. The van der Waals surface area contributed by atoms with Gasteiger partial charge >= 0.3 is 0 Å². The molecular weight excluding hydrogens is 392 g/mol. The van der Waals surface area contributed by atoms with Crippen molar-refractivity contribution >= 4 is 22.8 Å². The summed E-state index contributed by atoms with van der Waals surface area (Å²) in [7, 11) is 1.55. The van der Waals surface area contributed by atoms with Gasteiger partial charge in [-0.3, -0.25) is 20.4 Å². The van der Waals surface area contributed by atoms with E-state index in [0.717, 1.165) is 33.5 Å². The largest absolute Gasteiger partial charge is 0.497 e. The molecule has 0 radical (unpaired) electrons. The number of hydrazine groups is 1. The van der Waals surface area contributed by atoms with Gasteiger partial charge in [-0.2, -0.15) is 0 Å². The van der Waals surface area contributed by atoms with Crippen LogP contribution in [0.25, 0.3) is 22.4 Å². The van der Waals surface area contributed by atoms with E-state index in [9.17, 15) is 9.59 Å². The number of rotatable bonds is 4. The van der Waals surface area contributed by atoms with Crippen LogP contribution in [-0.2, 0) is 0 Å². The summed E-state index contributed by atoms with van der Waals surface area (Å²) in [6.07, 6.45) is 0. The second kappa shape index (κ2) is 8.31. The first-order valence-corrected chi connectivity index (χ1v) is 9.77. The highest BCUT2D eigenvalue weighted by Crippen LogP contribution is 2.27. The number of ether oxygens (including phenoxy) is 1. The van der Waals surface area contributed by atoms with Gasteiger partial charge in [-0.15, -0.1) is 0 Å². The van der Waals surface area contributed by atoms with Crippen molar-refractivity contribution in [1.82, 2.24) is 20.8 Å². The maximum atomic E-state index is 12.5. The molecule has 3 N–H and O–H groups in total. The van der Waals surface area contributed by atoms with E-state index in [-0.39, 0.29) is 0 Å². The molecule has 1 heterocycles. The quantitative estimate of drug-likeness (QED) is 0.441. The highest BCUT2D eigenvalue weighted by molar-refractivity contribution is 6.00. The lowest BCUT2D eigenvalue weighted by Crippen LogP contribution is -2.41. The van der Waals surface area contributed by atoms with E-state index in [0.29, 0.717) is 16.9 Å². The first-order chi connectivity index (χ1) is 15.0. The van der Waals surface area contributed by atoms with Gasteiger partial charge in [0.25, 0.3) is 11.8 Å². The van der Waals surface area contributed by atoms with Gasteiger partial charge in [0.2, 0.25) is 0 Å². The summed E-state index contributed by atoms with van der Waals surface area (Å²) in [6.45, 7) is 4.08. The molecule has 4 aromatic rings. The van der Waals surface area contributed by atoms with Gasteiger partial charge in [-0.25, -0.2) is 4.98 Å². The number of hydrogen-bond donors (Lipinski definition) is 3. The summed E-state index contributed by atoms with van der Waals surface area (Å²) in [5, 5.41) is 0. The molecule has 7 heteroatoms. The fourth-order valence-electron chi connectivity index (χ4n) is 3.46. The number of aromatic amines is 1. The molecule has 0 saturated carbocycles. The molecule has 4 rings (SSSR count). The molecule has 0 unspecified atom stereocenters. The molecule has 0 spiro atoms. The molecule has 0 fully saturated rings. The van der Waals surface area contributed by atoms with Crippen LogP contribution in [-0.4, -0.2) is 28.9 Å². The summed E-state index contributed by atoms with van der Waals surface area (Å²) in [4.78, 5) is 32.7. The second-order valence-corrected chi connectivity index (χ2v) is 7.22. The maximum Gasteiger partial charge on any atom is 0.269 e. The van der Waals surface area contributed by atoms with Gasteiger partial charge < -0.3 is 9.72 Å². The second-order valence-electron chi connectivity index (χ2n) is 7.22. The number of hydrogen-bond acceptors (Lipinski definition) is 4. The van der Waals surface area contributed by atoms with Crippen molar-refractivity contribution < 1.29 is 14.3 Å². The lowest BCUT2D eigenvalue weighted by atomic mass is 10.0. The number of nitrogens with zero attached hydrogens (tertiary/aromatic N) is 1. The number of fused-ring (bicyclic) bond motifs is 1. The smallest absolute Gasteiger partial charge is 0.269 e. The normalized spacial score (nSPS) is 10.7. The number of amides is 2. The molecule has 156 valence electrons. The van der Waals surface area contributed by atoms with Crippen LogP contribution < -0.4 is 15.6 Å². The fraction of sp³-hybridized carbons (Fsp3) is 0.125. The van der Waals surface area contributed by atoms with Crippen LogP contribution in [0.3, 0.4) is 0 Å². The van der Waals surface area contributed by atoms with Crippen LogP contribution in [0.4, 0.5) is 0 Å². The Hall–Kier alpha value is -4.13. The van der Waals surface area contributed by atoms with Gasteiger partial charge in [0.1, 0.15) is 11.6 Å². The van der Waals surface area contributed by atoms with Crippen molar-refractivity contribution in [3.05, 3.63) is 82.9 Å². The van der Waals surface area contributed by atoms with Crippen LogP contribution >= 0.6 is 0 Å². The Bertz CT molecular complexity index is 1260. The molecule has 1 aromatic heterocycles. The highest BCUT2D eigenvalue weighted by Gasteiger charge is 2.14. The van der Waals surface area contributed by atoms with Gasteiger partial charge in [0, 0.05) is 16.7 Å². The molecule has 0 aliphatic heterocycles. The molecule has 2 amide bonds. The zero-order valence-electron chi connectivity index (χ0n) is 17.4. The van der Waals surface area contributed by atoms with Crippen LogP contribution in [0.15, 0.2) is 60.7 Å². The van der Waals surface area contributed by atoms with E-state index in [4.69, 9.17) is 4.74 Å². The number of aryl methyl sites for hydroxylation is 2. The minimum absolute atomic E-state index is 0.402. The first-order valence-electron chi connectivity index (χ1n) is 9.77. The third kappa shape index (κ3) is 4.11. The summed E-state index contributed by atoms with van der Waals surface area (Å²) in [5.41, 5.74) is 10.5. The number of benzene rings is 3. The number of carbonyl (C=O) groups excluding carboxylic acids is 2. The number of aromatic nitrogens is 2. The third-order valence-electron chi connectivity index (χ3n) is 5.10. The molecular formula is C24H22N4O3. The monoisotopic (exact) mass is 414 g/mol. The Morgan fingerprint density at radius 2 is 1.48 bits per heavy atom. The summed E-state index contributed by atoms with van der Waals surface area (Å²) in [5.74, 6) is 0.563. The van der Waals surface area contributed by atoms with Crippen molar-refractivity contribution in [3.8, 4) is 17.1 Å². The predicted octanol–water partition coefficient (Wildman–Crippen LogP) is 3.93. The number of H-pyrrole nitrogens is 1. The zero-order valence-corrected chi connectivity index (χ0v) is 17.4. The maximum absolute atomic E-state index is 12.5. The Labute approximate surface area is 179 Å². The number of methoxy groups -OCH3 is 1. The highest BCUT2D eigenvalue weighted by atomic mass is 16.5. The Kier molecular flexibility index (Phi) is 5.41. The molecule has 31 heavy (non-hydrogen) atoms. The van der Waals surface area contributed by atoms with Crippen molar-refractivity contribution in [2.45, 2.75) is 13.8 Å². The van der Waals surface area contributed by atoms with Gasteiger partial charge in [-0.1, -0.05) is 18.2 Å². The van der Waals surface area contributed by atoms with Crippen LogP contribution in [0.5, 0.6) is 5.75 Å². The Morgan fingerprint density at radius 1 is 0.871 bits per heavy atom. The van der Waals surface area contributed by atoms with Gasteiger partial charge in [-0.05, 0) is 67.4 Å². The number of imidazole rings is 1. The molecule has 0 aliphatic carbocycles. The first kappa shape index (κ1) is 20.2. The average Bonchev–Trinajstić information content (AvgIpc) is 3.20. The molecule has 0 saturated heterocycles. The molecule has 0 aliphatic rings. The number of nitrogens with one attached hydrogen (secondary N) is 3. The van der Waals surface area contributed by atoms with E-state index >= 15 is 0 Å². The van der Waals surface area contributed by atoms with Gasteiger partial charge in [0.05, 0.1) is 18.1 Å². The number of carbonyl (C=O) groups is 2. The minimum Gasteiger partial charge on any atom is -0.497 e. The Balaban J connectivity index is 1.50. The fourth-order valence-corrected chi connectivity index (χ4v) is 3.46. The van der Waals surface area contributed by atoms with Crippen LogP contribution in [0.2, 0.25) is 0 Å². The standard InChI is InChI=1S/C24H22N4O3/c1-14-5-4-6-15(2)21(14)22-25-19-12-9-17(13-20(19)26-22)24(30)28-27-23(29)16-7-10-18(31-3)11-8-16/h4-13H,1-3H3,(H,25,26)(H,27,29)(H,28,30). The molecule has 0 bridgehead atoms. The van der Waals surface area contributed by atoms with Crippen molar-refractivity contribution in [2.24, 2.45) is 0 Å². The summed E-state index contributed by atoms with van der Waals surface area (Å²) >= 11 is 0. The van der Waals surface area contributed by atoms with Gasteiger partial charge in [0.15, 0.2) is 0 Å². The van der Waals surface area contributed by atoms with Crippen LogP contribution in [0.1, 0.15) is 31.8 Å². The molecule has 7 nitrogen and oxygen atoms in total. The summed E-state index contributed by atoms with van der Waals surface area (Å²) < 4.78 is 5.07. The SMILES string of the molecule is COc1ccc(C(=O)NNC(=O)c2ccc3nc(-c4c(C)cccc4C)[nH]c3c2)cc1. The molecule has 3 aromatic carbocycles. The summed E-state index contributed by atoms with van der Waals surface area (Å²) in [6, 6.07) is 17.9. The van der Waals surface area contributed by atoms with E-state index in [1.54, 1.807) is 49.6 Å². The minimum atomic E-state index is -0.424. The van der Waals surface area contributed by atoms with Crippen molar-refractivity contribution in [3.63, 3.8) is 0 Å². The lowest BCUT2D eigenvalue weighted by molar-refractivity contribution is 0.0846. The van der Waals surface area contributed by atoms with E-state index in [1.165, 1.54) is 0 Å². The lowest BCUT2D eigenvalue weighted by Gasteiger charge is -2.08. The van der Waals surface area contributed by atoms with Crippen molar-refractivity contribution in [2.75, 3.05) is 7.11 Å². The van der Waals surface area contributed by atoms with E-state index < -0.39 is 11.8 Å².